The summed E-state index contributed by atoms with van der Waals surface area (Å²) in [5.74, 6) is -4.98. The molecule has 0 bridgehead atoms. The van der Waals surface area contributed by atoms with Gasteiger partial charge in [0, 0.05) is 11.4 Å². The minimum atomic E-state index is -3.61. The molecule has 4 rings (SSSR count). The van der Waals surface area contributed by atoms with Crippen LogP contribution in [0, 0.1) is 0 Å². The molecular formula is C19H14ClF2N3O2. The van der Waals surface area contributed by atoms with Crippen molar-refractivity contribution in [3.8, 4) is 0 Å². The highest BCUT2D eigenvalue weighted by atomic mass is 35.5. The Morgan fingerprint density at radius 2 is 1.96 bits per heavy atom. The summed E-state index contributed by atoms with van der Waals surface area (Å²) >= 11 is 5.99. The van der Waals surface area contributed by atoms with E-state index in [0.29, 0.717) is 16.1 Å². The van der Waals surface area contributed by atoms with Crippen molar-refractivity contribution in [2.45, 2.75) is 25.8 Å². The fraction of sp³-hybridized carbons (Fsp3) is 0.211. The monoisotopic (exact) mass is 389 g/mol. The predicted octanol–water partition coefficient (Wildman–Crippen LogP) is 4.38. The number of alkyl halides is 2. The van der Waals surface area contributed by atoms with Gasteiger partial charge in [-0.1, -0.05) is 36.7 Å². The summed E-state index contributed by atoms with van der Waals surface area (Å²) in [6.45, 7) is 1.45. The molecule has 0 N–H and O–H groups in total. The Morgan fingerprint density at radius 1 is 1.22 bits per heavy atom. The van der Waals surface area contributed by atoms with Crippen LogP contribution in [0.4, 0.5) is 14.5 Å². The minimum absolute atomic E-state index is 0.119. The first-order chi connectivity index (χ1) is 12.8. The van der Waals surface area contributed by atoms with Gasteiger partial charge < -0.3 is 0 Å². The van der Waals surface area contributed by atoms with Gasteiger partial charge in [0.25, 0.3) is 0 Å². The van der Waals surface area contributed by atoms with E-state index in [0.717, 1.165) is 4.90 Å². The van der Waals surface area contributed by atoms with E-state index in [4.69, 9.17) is 11.6 Å². The van der Waals surface area contributed by atoms with Crippen molar-refractivity contribution in [1.29, 1.82) is 0 Å². The first-order valence-corrected chi connectivity index (χ1v) is 8.71. The molecule has 3 aromatic rings. The van der Waals surface area contributed by atoms with Crippen molar-refractivity contribution in [2.75, 3.05) is 4.90 Å². The summed E-state index contributed by atoms with van der Waals surface area (Å²) in [4.78, 5) is 30.2. The third kappa shape index (κ3) is 2.61. The molecule has 2 aromatic carbocycles. The number of halogens is 3. The summed E-state index contributed by atoms with van der Waals surface area (Å²) in [5, 5.41) is 0.441. The normalized spacial score (nSPS) is 15.4. The maximum absolute atomic E-state index is 14.4. The van der Waals surface area contributed by atoms with Crippen molar-refractivity contribution in [3.63, 3.8) is 0 Å². The average molecular weight is 390 g/mol. The quantitative estimate of drug-likeness (QED) is 0.668. The van der Waals surface area contributed by atoms with Crippen LogP contribution in [0.25, 0.3) is 11.0 Å². The first-order valence-electron chi connectivity index (χ1n) is 8.34. The molecule has 1 amide bonds. The smallest absolute Gasteiger partial charge is 0.299 e. The van der Waals surface area contributed by atoms with E-state index in [1.165, 1.54) is 22.8 Å². The molecule has 1 aliphatic rings. The number of nitrogens with zero attached hydrogens (tertiary/aromatic N) is 3. The Balaban J connectivity index is 1.85. The van der Waals surface area contributed by atoms with E-state index >= 15 is 0 Å². The molecule has 8 heteroatoms. The van der Waals surface area contributed by atoms with E-state index in [-0.39, 0.29) is 35.9 Å². The van der Waals surface area contributed by atoms with Gasteiger partial charge >= 0.3 is 11.8 Å². The third-order valence-electron chi connectivity index (χ3n) is 4.58. The van der Waals surface area contributed by atoms with Crippen LogP contribution < -0.4 is 4.90 Å². The first kappa shape index (κ1) is 17.6. The maximum atomic E-state index is 14.4. The maximum Gasteiger partial charge on any atom is 0.352 e. The van der Waals surface area contributed by atoms with Crippen molar-refractivity contribution in [2.24, 2.45) is 0 Å². The molecule has 1 aromatic heterocycles. The molecule has 0 atom stereocenters. The van der Waals surface area contributed by atoms with Gasteiger partial charge in [-0.25, -0.2) is 4.98 Å². The molecule has 0 saturated carbocycles. The lowest BCUT2D eigenvalue weighted by Gasteiger charge is -2.17. The SMILES string of the molecule is CCC(=O)n1c(CN2C(=O)C(F)(F)c3ccccc32)nc2cc(Cl)ccc21. The number of benzene rings is 2. The van der Waals surface area contributed by atoms with E-state index in [1.807, 2.05) is 0 Å². The number of hydrogen-bond donors (Lipinski definition) is 0. The Hall–Kier alpha value is -2.80. The van der Waals surface area contributed by atoms with Crippen molar-refractivity contribution in [3.05, 3.63) is 58.9 Å². The molecule has 0 aliphatic carbocycles. The van der Waals surface area contributed by atoms with Crippen LogP contribution in [0.3, 0.4) is 0 Å². The summed E-state index contributed by atoms with van der Waals surface area (Å²) in [5.41, 5.74) is 0.759. The van der Waals surface area contributed by atoms with Crippen molar-refractivity contribution < 1.29 is 18.4 Å². The fourth-order valence-electron chi connectivity index (χ4n) is 3.31. The summed E-state index contributed by atoms with van der Waals surface area (Å²) < 4.78 is 30.1. The van der Waals surface area contributed by atoms with Gasteiger partial charge in [-0.3, -0.25) is 19.1 Å². The number of amides is 1. The van der Waals surface area contributed by atoms with Gasteiger partial charge in [0.05, 0.1) is 28.8 Å². The second kappa shape index (κ2) is 6.13. The lowest BCUT2D eigenvalue weighted by atomic mass is 10.1. The molecule has 1 aliphatic heterocycles. The number of anilines is 1. The van der Waals surface area contributed by atoms with Crippen LogP contribution in [0.15, 0.2) is 42.5 Å². The number of carbonyl (C=O) groups is 2. The van der Waals surface area contributed by atoms with Crippen LogP contribution >= 0.6 is 11.6 Å². The molecule has 2 heterocycles. The third-order valence-corrected chi connectivity index (χ3v) is 4.82. The number of imidazole rings is 1. The van der Waals surface area contributed by atoms with Gasteiger partial charge in [-0.15, -0.1) is 0 Å². The van der Waals surface area contributed by atoms with Gasteiger partial charge in [0.1, 0.15) is 5.82 Å². The number of rotatable bonds is 3. The summed E-state index contributed by atoms with van der Waals surface area (Å²) in [6.07, 6.45) is 0.196. The largest absolute Gasteiger partial charge is 0.352 e. The Morgan fingerprint density at radius 3 is 2.70 bits per heavy atom. The van der Waals surface area contributed by atoms with Gasteiger partial charge in [0.2, 0.25) is 5.91 Å². The predicted molar refractivity (Wildman–Crippen MR) is 97.2 cm³/mol. The fourth-order valence-corrected chi connectivity index (χ4v) is 3.48. The molecule has 0 fully saturated rings. The highest BCUT2D eigenvalue weighted by Gasteiger charge is 2.52. The number of fused-ring (bicyclic) bond motifs is 2. The lowest BCUT2D eigenvalue weighted by molar-refractivity contribution is -0.141. The second-order valence-corrected chi connectivity index (χ2v) is 6.66. The van der Waals surface area contributed by atoms with Crippen LogP contribution in [-0.4, -0.2) is 21.4 Å². The highest BCUT2D eigenvalue weighted by molar-refractivity contribution is 6.31. The van der Waals surface area contributed by atoms with Crippen LogP contribution in [0.1, 0.15) is 29.5 Å². The highest BCUT2D eigenvalue weighted by Crippen LogP contribution is 2.44. The molecule has 5 nitrogen and oxygen atoms in total. The number of para-hydroxylation sites is 1. The van der Waals surface area contributed by atoms with Gasteiger partial charge in [-0.05, 0) is 24.3 Å². The molecule has 0 radical (unpaired) electrons. The molecule has 0 unspecified atom stereocenters. The minimum Gasteiger partial charge on any atom is -0.299 e. The Bertz CT molecular complexity index is 1090. The number of aromatic nitrogens is 2. The van der Waals surface area contributed by atoms with Crippen molar-refractivity contribution >= 4 is 40.1 Å². The number of hydrogen-bond acceptors (Lipinski definition) is 3. The summed E-state index contributed by atoms with van der Waals surface area (Å²) in [7, 11) is 0. The molecule has 27 heavy (non-hydrogen) atoms. The zero-order valence-corrected chi connectivity index (χ0v) is 15.0. The Kier molecular flexibility index (Phi) is 3.99. The summed E-state index contributed by atoms with van der Waals surface area (Å²) in [6, 6.07) is 10.6. The van der Waals surface area contributed by atoms with E-state index < -0.39 is 11.8 Å². The van der Waals surface area contributed by atoms with E-state index in [9.17, 15) is 18.4 Å². The molecular weight excluding hydrogens is 376 g/mol. The zero-order valence-electron chi connectivity index (χ0n) is 14.2. The second-order valence-electron chi connectivity index (χ2n) is 6.23. The van der Waals surface area contributed by atoms with Crippen LogP contribution in [-0.2, 0) is 17.3 Å². The average Bonchev–Trinajstić information content (AvgIpc) is 3.09. The molecule has 0 spiro atoms. The topological polar surface area (TPSA) is 55.2 Å². The number of carbonyl (C=O) groups excluding carboxylic acids is 2. The van der Waals surface area contributed by atoms with Crippen LogP contribution in [0.2, 0.25) is 5.02 Å². The van der Waals surface area contributed by atoms with E-state index in [2.05, 4.69) is 4.98 Å². The molecule has 138 valence electrons. The molecule has 0 saturated heterocycles. The lowest BCUT2D eigenvalue weighted by Crippen LogP contribution is -2.35. The van der Waals surface area contributed by atoms with Gasteiger partial charge in [-0.2, -0.15) is 8.78 Å². The van der Waals surface area contributed by atoms with Crippen molar-refractivity contribution in [1.82, 2.24) is 9.55 Å². The van der Waals surface area contributed by atoms with Crippen LogP contribution in [0.5, 0.6) is 0 Å². The standard InChI is InChI=1S/C19H14ClF2N3O2/c1-2-17(26)25-15-8-7-11(20)9-13(15)23-16(25)10-24-14-6-4-3-5-12(14)19(21,22)18(24)27/h3-9H,2,10H2,1H3. The van der Waals surface area contributed by atoms with Gasteiger partial charge in [0.15, 0.2) is 0 Å². The van der Waals surface area contributed by atoms with E-state index in [1.54, 1.807) is 31.2 Å². The Labute approximate surface area is 158 Å². The zero-order chi connectivity index (χ0) is 19.3.